The van der Waals surface area contributed by atoms with Gasteiger partial charge in [-0.25, -0.2) is 0 Å². The van der Waals surface area contributed by atoms with Crippen LogP contribution in [-0.2, 0) is 0 Å². The van der Waals surface area contributed by atoms with Gasteiger partial charge in [-0.2, -0.15) is 6.54 Å². The second-order valence-corrected chi connectivity index (χ2v) is 2.67. The zero-order chi connectivity index (χ0) is 11.1. The number of nitrogens with zero attached hydrogens (tertiary/aromatic N) is 1. The first-order chi connectivity index (χ1) is 6.18. The van der Waals surface area contributed by atoms with Crippen molar-refractivity contribution in [3.63, 3.8) is 0 Å². The van der Waals surface area contributed by atoms with E-state index in [0.29, 0.717) is 6.54 Å². The van der Waals surface area contributed by atoms with Gasteiger partial charge in [-0.05, 0) is 34.0 Å². The standard InChI is InChI=1S/C6H15N2.C3H6.C2H6.K/c1-8(2)6-4-3-5-7;1-3-2;1-2;/h7H,3-6H2,1-2H3;3H,1H2,2H3;1-2H3;/q-1;;;+1. The fraction of sp³-hybridized carbons (Fsp3) is 0.818. The summed E-state index contributed by atoms with van der Waals surface area (Å²) in [7, 11) is 4.12. The molecule has 82 valence electrons. The van der Waals surface area contributed by atoms with E-state index in [1.165, 1.54) is 0 Å². The van der Waals surface area contributed by atoms with Crippen molar-refractivity contribution in [3.05, 3.63) is 18.4 Å². The van der Waals surface area contributed by atoms with Gasteiger partial charge in [-0.3, -0.25) is 0 Å². The van der Waals surface area contributed by atoms with Gasteiger partial charge in [0, 0.05) is 0 Å². The average Bonchev–Trinajstić information content (AvgIpc) is 2.09. The van der Waals surface area contributed by atoms with Crippen LogP contribution in [0.1, 0.15) is 33.6 Å². The van der Waals surface area contributed by atoms with Gasteiger partial charge in [0.1, 0.15) is 0 Å². The molecular weight excluding hydrogens is 199 g/mol. The Hall–Kier alpha value is 1.30. The number of unbranched alkanes of at least 4 members (excludes halogenated alkanes) is 1. The van der Waals surface area contributed by atoms with Crippen molar-refractivity contribution in [3.8, 4) is 0 Å². The molecule has 0 aromatic heterocycles. The molecule has 1 N–H and O–H groups in total. The van der Waals surface area contributed by atoms with Gasteiger partial charge in [0.2, 0.25) is 0 Å². The number of allylic oxidation sites excluding steroid dienone is 1. The molecule has 0 aliphatic carbocycles. The second kappa shape index (κ2) is 29.2. The molecule has 14 heavy (non-hydrogen) atoms. The van der Waals surface area contributed by atoms with E-state index < -0.39 is 0 Å². The topological polar surface area (TPSA) is 27.0 Å². The van der Waals surface area contributed by atoms with Gasteiger partial charge in [0.25, 0.3) is 0 Å². The molecule has 0 spiro atoms. The zero-order valence-electron chi connectivity index (χ0n) is 11.1. The van der Waals surface area contributed by atoms with Crippen LogP contribution in [0.5, 0.6) is 0 Å². The smallest absolute Gasteiger partial charge is 0.677 e. The summed E-state index contributed by atoms with van der Waals surface area (Å²) in [5.74, 6) is 0. The van der Waals surface area contributed by atoms with E-state index in [1.807, 2.05) is 20.8 Å². The van der Waals surface area contributed by atoms with Crippen LogP contribution in [0.2, 0.25) is 0 Å². The third-order valence-corrected chi connectivity index (χ3v) is 1.03. The molecule has 0 rings (SSSR count). The molecule has 0 aliphatic heterocycles. The van der Waals surface area contributed by atoms with E-state index in [1.54, 1.807) is 6.08 Å². The molecule has 0 amide bonds. The Labute approximate surface area is 134 Å². The molecule has 0 aromatic carbocycles. The van der Waals surface area contributed by atoms with Crippen molar-refractivity contribution in [2.45, 2.75) is 33.6 Å². The van der Waals surface area contributed by atoms with E-state index >= 15 is 0 Å². The van der Waals surface area contributed by atoms with E-state index in [0.717, 1.165) is 19.4 Å². The summed E-state index contributed by atoms with van der Waals surface area (Å²) in [4.78, 5) is 2.15. The molecular formula is C11H27KN2. The summed E-state index contributed by atoms with van der Waals surface area (Å²) in [6.45, 7) is 11.0. The minimum atomic E-state index is 0. The molecule has 0 fully saturated rings. The van der Waals surface area contributed by atoms with Crippen LogP contribution in [0.3, 0.4) is 0 Å². The van der Waals surface area contributed by atoms with Gasteiger partial charge in [0.15, 0.2) is 0 Å². The summed E-state index contributed by atoms with van der Waals surface area (Å²) in [6, 6.07) is 0. The third kappa shape index (κ3) is 50.7. The van der Waals surface area contributed by atoms with Gasteiger partial charge in [-0.1, -0.05) is 26.3 Å². The number of rotatable bonds is 4. The minimum Gasteiger partial charge on any atom is -0.677 e. The maximum atomic E-state index is 6.83. The second-order valence-electron chi connectivity index (χ2n) is 2.67. The molecule has 0 saturated carbocycles. The zero-order valence-corrected chi connectivity index (χ0v) is 14.2. The van der Waals surface area contributed by atoms with E-state index in [2.05, 4.69) is 25.6 Å². The molecule has 2 nitrogen and oxygen atoms in total. The normalized spacial score (nSPS) is 7.36. The van der Waals surface area contributed by atoms with Crippen molar-refractivity contribution in [2.24, 2.45) is 0 Å². The first-order valence-electron chi connectivity index (χ1n) is 5.05. The SMILES string of the molecule is C=CC.CC.CN(C)CCCC[NH-].[K+]. The van der Waals surface area contributed by atoms with Crippen molar-refractivity contribution in [1.82, 2.24) is 4.90 Å². The predicted octanol–water partition coefficient (Wildman–Crippen LogP) is 0.603. The minimum absolute atomic E-state index is 0. The molecule has 0 aromatic rings. The van der Waals surface area contributed by atoms with Crippen molar-refractivity contribution < 1.29 is 51.4 Å². The third-order valence-electron chi connectivity index (χ3n) is 1.03. The summed E-state index contributed by atoms with van der Waals surface area (Å²) >= 11 is 0. The quantitative estimate of drug-likeness (QED) is 0.392. The van der Waals surface area contributed by atoms with Crippen LogP contribution in [0.4, 0.5) is 0 Å². The Kier molecular flexibility index (Phi) is 51.2. The van der Waals surface area contributed by atoms with E-state index in [4.69, 9.17) is 5.73 Å². The number of nitrogens with one attached hydrogen (secondary N) is 1. The summed E-state index contributed by atoms with van der Waals surface area (Å²) < 4.78 is 0. The predicted molar refractivity (Wildman–Crippen MR) is 64.2 cm³/mol. The van der Waals surface area contributed by atoms with Crippen LogP contribution in [0.25, 0.3) is 5.73 Å². The van der Waals surface area contributed by atoms with Gasteiger partial charge in [0.05, 0.1) is 0 Å². The average molecular weight is 226 g/mol. The molecule has 0 unspecified atom stereocenters. The number of hydrogen-bond donors (Lipinski definition) is 0. The maximum Gasteiger partial charge on any atom is 1.00 e. The molecule has 3 heteroatoms. The maximum absolute atomic E-state index is 6.83. The Morgan fingerprint density at radius 1 is 1.21 bits per heavy atom. The van der Waals surface area contributed by atoms with Crippen LogP contribution < -0.4 is 51.4 Å². The van der Waals surface area contributed by atoms with Gasteiger partial charge >= 0.3 is 51.4 Å². The van der Waals surface area contributed by atoms with E-state index in [9.17, 15) is 0 Å². The molecule has 0 atom stereocenters. The monoisotopic (exact) mass is 226 g/mol. The summed E-state index contributed by atoms with van der Waals surface area (Å²) in [5.41, 5.74) is 6.83. The molecule has 0 aliphatic rings. The Morgan fingerprint density at radius 2 is 1.57 bits per heavy atom. The summed E-state index contributed by atoms with van der Waals surface area (Å²) in [5, 5.41) is 0. The van der Waals surface area contributed by atoms with Crippen LogP contribution >= 0.6 is 0 Å². The largest absolute Gasteiger partial charge is 1.00 e. The number of hydrogen-bond acceptors (Lipinski definition) is 1. The van der Waals surface area contributed by atoms with Crippen molar-refractivity contribution >= 4 is 0 Å². The Balaban J connectivity index is -0.0000000716. The van der Waals surface area contributed by atoms with Crippen LogP contribution in [0.15, 0.2) is 12.7 Å². The first-order valence-corrected chi connectivity index (χ1v) is 5.05. The molecule has 0 heterocycles. The Morgan fingerprint density at radius 3 is 1.79 bits per heavy atom. The molecule has 0 radical (unpaired) electrons. The van der Waals surface area contributed by atoms with Gasteiger partial charge in [-0.15, -0.1) is 6.58 Å². The fourth-order valence-electron chi connectivity index (χ4n) is 0.553. The molecule has 0 saturated heterocycles. The summed E-state index contributed by atoms with van der Waals surface area (Å²) in [6.07, 6.45) is 3.95. The van der Waals surface area contributed by atoms with Crippen molar-refractivity contribution in [1.29, 1.82) is 0 Å². The van der Waals surface area contributed by atoms with Crippen molar-refractivity contribution in [2.75, 3.05) is 27.2 Å². The first kappa shape index (κ1) is 24.5. The van der Waals surface area contributed by atoms with Crippen LogP contribution in [-0.4, -0.2) is 32.1 Å². The van der Waals surface area contributed by atoms with E-state index in [-0.39, 0.29) is 51.4 Å². The van der Waals surface area contributed by atoms with Gasteiger partial charge < -0.3 is 10.6 Å². The Bertz CT molecular complexity index is 75.7. The molecule has 0 bridgehead atoms. The van der Waals surface area contributed by atoms with Crippen LogP contribution in [0, 0.1) is 0 Å². The fourth-order valence-corrected chi connectivity index (χ4v) is 0.553.